The zero-order valence-electron chi connectivity index (χ0n) is 9.86. The maximum absolute atomic E-state index is 11.6. The largest absolute Gasteiger partial charge is 0.465 e. The fourth-order valence-electron chi connectivity index (χ4n) is 1.11. The van der Waals surface area contributed by atoms with E-state index in [9.17, 15) is 9.59 Å². The van der Waals surface area contributed by atoms with Crippen LogP contribution in [0.1, 0.15) is 22.2 Å². The molecule has 0 aliphatic carbocycles. The fraction of sp³-hybridized carbons (Fsp3) is 0.333. The predicted molar refractivity (Wildman–Crippen MR) is 67.2 cm³/mol. The van der Waals surface area contributed by atoms with Gasteiger partial charge in [-0.15, -0.1) is 11.3 Å². The van der Waals surface area contributed by atoms with Crippen LogP contribution in [0.4, 0.5) is 0 Å². The molecule has 5 nitrogen and oxygen atoms in total. The molecule has 2 N–H and O–H groups in total. The van der Waals surface area contributed by atoms with E-state index in [1.165, 1.54) is 11.3 Å². The molecule has 1 rings (SSSR count). The molecule has 0 aromatic carbocycles. The van der Waals surface area contributed by atoms with Gasteiger partial charge >= 0.3 is 5.97 Å². The van der Waals surface area contributed by atoms with Crippen LogP contribution in [-0.2, 0) is 9.53 Å². The number of carbonyl (C=O) groups is 2. The second-order valence-corrected chi connectivity index (χ2v) is 4.06. The number of aliphatic hydroxyl groups excluding tert-OH is 1. The van der Waals surface area contributed by atoms with Gasteiger partial charge in [-0.05, 0) is 13.0 Å². The summed E-state index contributed by atoms with van der Waals surface area (Å²) < 4.78 is 4.69. The first-order valence-electron chi connectivity index (χ1n) is 5.29. The zero-order chi connectivity index (χ0) is 13.4. The van der Waals surface area contributed by atoms with Gasteiger partial charge < -0.3 is 15.2 Å². The van der Waals surface area contributed by atoms with Gasteiger partial charge in [0, 0.05) is 5.38 Å². The van der Waals surface area contributed by atoms with Gasteiger partial charge in [-0.1, -0.05) is 11.8 Å². The molecule has 0 saturated heterocycles. The van der Waals surface area contributed by atoms with Crippen molar-refractivity contribution in [1.82, 2.24) is 5.32 Å². The Labute approximate surface area is 109 Å². The number of ether oxygens (including phenoxy) is 1. The molecule has 1 heterocycles. The molecule has 0 spiro atoms. The van der Waals surface area contributed by atoms with Crippen LogP contribution in [0.2, 0.25) is 0 Å². The number of hydrogen-bond donors (Lipinski definition) is 2. The number of esters is 1. The van der Waals surface area contributed by atoms with Gasteiger partial charge in [0.15, 0.2) is 0 Å². The van der Waals surface area contributed by atoms with E-state index in [0.29, 0.717) is 10.4 Å². The number of carbonyl (C=O) groups excluding carboxylic acids is 2. The van der Waals surface area contributed by atoms with Crippen LogP contribution in [0.5, 0.6) is 0 Å². The molecule has 0 aliphatic heterocycles. The lowest BCUT2D eigenvalue weighted by molar-refractivity contribution is -0.141. The first kappa shape index (κ1) is 14.2. The van der Waals surface area contributed by atoms with E-state index in [4.69, 9.17) is 5.11 Å². The van der Waals surface area contributed by atoms with Crippen LogP contribution in [0.3, 0.4) is 0 Å². The van der Waals surface area contributed by atoms with E-state index in [-0.39, 0.29) is 25.7 Å². The number of hydrogen-bond acceptors (Lipinski definition) is 5. The number of nitrogens with one attached hydrogen (secondary N) is 1. The van der Waals surface area contributed by atoms with Crippen molar-refractivity contribution in [1.29, 1.82) is 0 Å². The van der Waals surface area contributed by atoms with Crippen molar-refractivity contribution in [2.75, 3.05) is 19.8 Å². The highest BCUT2D eigenvalue weighted by Crippen LogP contribution is 2.13. The van der Waals surface area contributed by atoms with Gasteiger partial charge in [0.2, 0.25) is 0 Å². The molecule has 1 aromatic heterocycles. The standard InChI is InChI=1S/C12H13NO4S/c1-2-17-11(15)7-13-12(16)9-6-10(18-8-9)4-3-5-14/h6,8,14H,2,5,7H2,1H3,(H,13,16). The van der Waals surface area contributed by atoms with Crippen LogP contribution in [-0.4, -0.2) is 36.7 Å². The van der Waals surface area contributed by atoms with Crippen molar-refractivity contribution in [2.45, 2.75) is 6.92 Å². The van der Waals surface area contributed by atoms with Gasteiger partial charge in [-0.2, -0.15) is 0 Å². The topological polar surface area (TPSA) is 75.6 Å². The number of amides is 1. The molecule has 0 aliphatic rings. The number of rotatable bonds is 4. The summed E-state index contributed by atoms with van der Waals surface area (Å²) in [4.78, 5) is 23.4. The molecular weight excluding hydrogens is 254 g/mol. The summed E-state index contributed by atoms with van der Waals surface area (Å²) >= 11 is 1.30. The Morgan fingerprint density at radius 1 is 1.56 bits per heavy atom. The Hall–Kier alpha value is -1.84. The van der Waals surface area contributed by atoms with Crippen LogP contribution in [0, 0.1) is 11.8 Å². The molecule has 0 saturated carbocycles. The first-order chi connectivity index (χ1) is 8.67. The molecule has 0 fully saturated rings. The highest BCUT2D eigenvalue weighted by atomic mass is 32.1. The van der Waals surface area contributed by atoms with Gasteiger partial charge in [0.05, 0.1) is 17.0 Å². The normalized spacial score (nSPS) is 9.22. The number of aliphatic hydroxyl groups is 1. The minimum Gasteiger partial charge on any atom is -0.465 e. The minimum absolute atomic E-state index is 0.153. The third-order valence-corrected chi connectivity index (χ3v) is 2.70. The molecule has 0 radical (unpaired) electrons. The van der Waals surface area contributed by atoms with E-state index < -0.39 is 5.97 Å². The summed E-state index contributed by atoms with van der Waals surface area (Å²) in [7, 11) is 0. The van der Waals surface area contributed by atoms with Crippen LogP contribution < -0.4 is 5.32 Å². The summed E-state index contributed by atoms with van der Waals surface area (Å²) in [5.41, 5.74) is 0.437. The van der Waals surface area contributed by atoms with Crippen LogP contribution in [0.15, 0.2) is 11.4 Å². The Morgan fingerprint density at radius 3 is 3.00 bits per heavy atom. The van der Waals surface area contributed by atoms with Crippen molar-refractivity contribution < 1.29 is 19.4 Å². The van der Waals surface area contributed by atoms with Crippen molar-refractivity contribution in [3.8, 4) is 11.8 Å². The van der Waals surface area contributed by atoms with Gasteiger partial charge in [0.25, 0.3) is 5.91 Å². The first-order valence-corrected chi connectivity index (χ1v) is 6.17. The third-order valence-electron chi connectivity index (χ3n) is 1.85. The summed E-state index contributed by atoms with van der Waals surface area (Å²) in [6.45, 7) is 1.61. The molecule has 96 valence electrons. The summed E-state index contributed by atoms with van der Waals surface area (Å²) in [6.07, 6.45) is 0. The van der Waals surface area contributed by atoms with E-state index >= 15 is 0 Å². The van der Waals surface area contributed by atoms with Crippen LogP contribution in [0.25, 0.3) is 0 Å². The highest BCUT2D eigenvalue weighted by molar-refractivity contribution is 7.10. The molecule has 1 amide bonds. The van der Waals surface area contributed by atoms with E-state index in [1.54, 1.807) is 18.4 Å². The Kier molecular flexibility index (Phi) is 5.91. The van der Waals surface area contributed by atoms with E-state index in [2.05, 4.69) is 21.9 Å². The molecular formula is C12H13NO4S. The summed E-state index contributed by atoms with van der Waals surface area (Å²) in [5.74, 6) is 4.37. The smallest absolute Gasteiger partial charge is 0.325 e. The average Bonchev–Trinajstić information content (AvgIpc) is 2.82. The lowest BCUT2D eigenvalue weighted by atomic mass is 10.3. The van der Waals surface area contributed by atoms with Crippen molar-refractivity contribution in [2.24, 2.45) is 0 Å². The quantitative estimate of drug-likeness (QED) is 0.611. The van der Waals surface area contributed by atoms with Gasteiger partial charge in [0.1, 0.15) is 13.2 Å². The van der Waals surface area contributed by atoms with Gasteiger partial charge in [-0.25, -0.2) is 0 Å². The molecule has 0 bridgehead atoms. The van der Waals surface area contributed by atoms with Crippen molar-refractivity contribution in [3.63, 3.8) is 0 Å². The second-order valence-electron chi connectivity index (χ2n) is 3.15. The summed E-state index contributed by atoms with van der Waals surface area (Å²) in [6, 6.07) is 1.60. The van der Waals surface area contributed by atoms with E-state index in [1.807, 2.05) is 0 Å². The maximum Gasteiger partial charge on any atom is 0.325 e. The second kappa shape index (κ2) is 7.48. The molecule has 0 atom stereocenters. The van der Waals surface area contributed by atoms with Crippen LogP contribution >= 0.6 is 11.3 Å². The third kappa shape index (κ3) is 4.57. The molecule has 0 unspecified atom stereocenters. The monoisotopic (exact) mass is 267 g/mol. The van der Waals surface area contributed by atoms with Crippen molar-refractivity contribution in [3.05, 3.63) is 21.9 Å². The Bertz CT molecular complexity index is 484. The van der Waals surface area contributed by atoms with Crippen molar-refractivity contribution >= 4 is 23.2 Å². The molecule has 18 heavy (non-hydrogen) atoms. The Morgan fingerprint density at radius 2 is 2.33 bits per heavy atom. The average molecular weight is 267 g/mol. The minimum atomic E-state index is -0.471. The lowest BCUT2D eigenvalue weighted by Crippen LogP contribution is -2.30. The predicted octanol–water partition coefficient (Wildman–Crippen LogP) is 0.385. The lowest BCUT2D eigenvalue weighted by Gasteiger charge is -2.02. The maximum atomic E-state index is 11.6. The zero-order valence-corrected chi connectivity index (χ0v) is 10.7. The number of thiophene rings is 1. The fourth-order valence-corrected chi connectivity index (χ4v) is 1.87. The highest BCUT2D eigenvalue weighted by Gasteiger charge is 2.10. The molecule has 1 aromatic rings. The Balaban J connectivity index is 2.51. The van der Waals surface area contributed by atoms with Gasteiger partial charge in [-0.3, -0.25) is 9.59 Å². The molecule has 6 heteroatoms. The summed E-state index contributed by atoms with van der Waals surface area (Å²) in [5, 5.41) is 12.6. The SMILES string of the molecule is CCOC(=O)CNC(=O)c1csc(C#CCO)c1. The van der Waals surface area contributed by atoms with E-state index in [0.717, 1.165) is 0 Å².